The van der Waals surface area contributed by atoms with E-state index in [0.717, 1.165) is 0 Å². The van der Waals surface area contributed by atoms with Crippen LogP contribution in [-0.2, 0) is 4.74 Å². The van der Waals surface area contributed by atoms with Crippen molar-refractivity contribution < 1.29 is 24.0 Å². The SMILES string of the molecule is COC(=O)c1ccc(Oc2ccc(C(=O)c3ccccc3)cc2[N+](=O)[O-])cc1. The van der Waals surface area contributed by atoms with E-state index in [1.807, 2.05) is 0 Å². The van der Waals surface area contributed by atoms with Crippen LogP contribution in [0.4, 0.5) is 5.69 Å². The Bertz CT molecular complexity index is 1030. The fourth-order valence-electron chi connectivity index (χ4n) is 2.55. The second-order valence-electron chi connectivity index (χ2n) is 5.75. The van der Waals surface area contributed by atoms with E-state index < -0.39 is 10.9 Å². The molecule has 0 amide bonds. The molecule has 0 spiro atoms. The van der Waals surface area contributed by atoms with Gasteiger partial charge < -0.3 is 9.47 Å². The third kappa shape index (κ3) is 4.04. The van der Waals surface area contributed by atoms with E-state index in [1.54, 1.807) is 30.3 Å². The number of carbonyl (C=O) groups is 2. The molecule has 3 aromatic rings. The van der Waals surface area contributed by atoms with Crippen molar-refractivity contribution in [2.75, 3.05) is 7.11 Å². The average Bonchev–Trinajstić information content (AvgIpc) is 2.74. The van der Waals surface area contributed by atoms with Gasteiger partial charge in [0.15, 0.2) is 5.78 Å². The summed E-state index contributed by atoms with van der Waals surface area (Å²) in [4.78, 5) is 34.8. The standard InChI is InChI=1S/C21H15NO6/c1-27-21(24)15-7-10-17(11-8-15)28-19-12-9-16(13-18(19)22(25)26)20(23)14-5-3-2-4-6-14/h2-13H,1H3. The topological polar surface area (TPSA) is 95.7 Å². The highest BCUT2D eigenvalue weighted by molar-refractivity contribution is 6.09. The molecule has 140 valence electrons. The first kappa shape index (κ1) is 18.8. The maximum absolute atomic E-state index is 12.5. The number of nitrogens with zero attached hydrogens (tertiary/aromatic N) is 1. The molecule has 0 atom stereocenters. The quantitative estimate of drug-likeness (QED) is 0.273. The summed E-state index contributed by atoms with van der Waals surface area (Å²) in [6.45, 7) is 0. The van der Waals surface area contributed by atoms with Crippen molar-refractivity contribution in [2.45, 2.75) is 0 Å². The van der Waals surface area contributed by atoms with Gasteiger partial charge in [0.05, 0.1) is 17.6 Å². The van der Waals surface area contributed by atoms with Gasteiger partial charge in [0.1, 0.15) is 5.75 Å². The van der Waals surface area contributed by atoms with E-state index in [2.05, 4.69) is 4.74 Å². The van der Waals surface area contributed by atoms with Crippen LogP contribution in [0.3, 0.4) is 0 Å². The zero-order valence-electron chi connectivity index (χ0n) is 14.8. The molecule has 0 saturated carbocycles. The van der Waals surface area contributed by atoms with Crippen molar-refractivity contribution in [1.29, 1.82) is 0 Å². The number of ether oxygens (including phenoxy) is 2. The minimum Gasteiger partial charge on any atom is -0.465 e. The van der Waals surface area contributed by atoms with Crippen molar-refractivity contribution in [1.82, 2.24) is 0 Å². The molecule has 7 heteroatoms. The van der Waals surface area contributed by atoms with E-state index in [-0.39, 0.29) is 22.8 Å². The van der Waals surface area contributed by atoms with Crippen LogP contribution in [0.1, 0.15) is 26.3 Å². The zero-order chi connectivity index (χ0) is 20.1. The Morgan fingerprint density at radius 2 is 1.50 bits per heavy atom. The fraction of sp³-hybridized carbons (Fsp3) is 0.0476. The lowest BCUT2D eigenvalue weighted by molar-refractivity contribution is -0.385. The average molecular weight is 377 g/mol. The molecule has 0 radical (unpaired) electrons. The van der Waals surface area contributed by atoms with E-state index in [1.165, 1.54) is 49.6 Å². The highest BCUT2D eigenvalue weighted by Gasteiger charge is 2.20. The molecular weight excluding hydrogens is 362 g/mol. The van der Waals surface area contributed by atoms with Crippen LogP contribution in [0.5, 0.6) is 11.5 Å². The summed E-state index contributed by atoms with van der Waals surface area (Å²) in [7, 11) is 1.27. The molecule has 0 unspecified atom stereocenters. The van der Waals surface area contributed by atoms with Crippen molar-refractivity contribution >= 4 is 17.4 Å². The molecule has 28 heavy (non-hydrogen) atoms. The van der Waals surface area contributed by atoms with Crippen molar-refractivity contribution in [3.05, 3.63) is 99.6 Å². The Kier molecular flexibility index (Phi) is 5.45. The predicted molar refractivity (Wildman–Crippen MR) is 101 cm³/mol. The van der Waals surface area contributed by atoms with Crippen LogP contribution in [-0.4, -0.2) is 23.8 Å². The first-order valence-corrected chi connectivity index (χ1v) is 8.24. The molecule has 3 rings (SSSR count). The van der Waals surface area contributed by atoms with Gasteiger partial charge in [0.2, 0.25) is 5.75 Å². The normalized spacial score (nSPS) is 10.2. The van der Waals surface area contributed by atoms with Crippen molar-refractivity contribution in [3.8, 4) is 11.5 Å². The summed E-state index contributed by atoms with van der Waals surface area (Å²) >= 11 is 0. The van der Waals surface area contributed by atoms with Crippen LogP contribution >= 0.6 is 0 Å². The minimum atomic E-state index is -0.611. The highest BCUT2D eigenvalue weighted by Crippen LogP contribution is 2.33. The van der Waals surface area contributed by atoms with Gasteiger partial charge in [-0.15, -0.1) is 0 Å². The van der Waals surface area contributed by atoms with Crippen LogP contribution in [0.25, 0.3) is 0 Å². The number of hydrogen-bond acceptors (Lipinski definition) is 6. The number of hydrogen-bond donors (Lipinski definition) is 0. The smallest absolute Gasteiger partial charge is 0.337 e. The predicted octanol–water partition coefficient (Wildman–Crippen LogP) is 4.40. The molecule has 0 aliphatic rings. The summed E-state index contributed by atoms with van der Waals surface area (Å²) < 4.78 is 10.2. The van der Waals surface area contributed by atoms with Crippen LogP contribution in [0.15, 0.2) is 72.8 Å². The minimum absolute atomic E-state index is 0.0135. The molecule has 0 aliphatic carbocycles. The van der Waals surface area contributed by atoms with Gasteiger partial charge in [0.25, 0.3) is 0 Å². The van der Waals surface area contributed by atoms with Crippen molar-refractivity contribution in [2.24, 2.45) is 0 Å². The number of esters is 1. The first-order chi connectivity index (χ1) is 13.5. The van der Waals surface area contributed by atoms with E-state index >= 15 is 0 Å². The molecule has 0 aliphatic heterocycles. The molecule has 0 fully saturated rings. The lowest BCUT2D eigenvalue weighted by atomic mass is 10.0. The number of nitro benzene ring substituents is 1. The number of ketones is 1. The Morgan fingerprint density at radius 3 is 2.11 bits per heavy atom. The summed E-state index contributed by atoms with van der Waals surface area (Å²) in [6, 6.07) is 18.5. The molecule has 7 nitrogen and oxygen atoms in total. The maximum Gasteiger partial charge on any atom is 0.337 e. The maximum atomic E-state index is 12.5. The van der Waals surface area contributed by atoms with E-state index in [4.69, 9.17) is 4.74 Å². The van der Waals surface area contributed by atoms with Gasteiger partial charge in [0, 0.05) is 17.2 Å². The molecule has 0 saturated heterocycles. The first-order valence-electron chi connectivity index (χ1n) is 8.24. The number of nitro groups is 1. The second-order valence-corrected chi connectivity index (χ2v) is 5.75. The van der Waals surface area contributed by atoms with Crippen LogP contribution in [0.2, 0.25) is 0 Å². The molecule has 0 N–H and O–H groups in total. The molecule has 0 aromatic heterocycles. The molecule has 0 heterocycles. The Balaban J connectivity index is 1.88. The Labute approximate surface area is 160 Å². The van der Waals surface area contributed by atoms with E-state index in [0.29, 0.717) is 16.9 Å². The lowest BCUT2D eigenvalue weighted by Gasteiger charge is -2.08. The third-order valence-corrected chi connectivity index (χ3v) is 3.96. The second kappa shape index (κ2) is 8.13. The van der Waals surface area contributed by atoms with Gasteiger partial charge in [-0.05, 0) is 36.4 Å². The largest absolute Gasteiger partial charge is 0.465 e. The fourth-order valence-corrected chi connectivity index (χ4v) is 2.55. The summed E-state index contributed by atoms with van der Waals surface area (Å²) in [6.07, 6.45) is 0. The van der Waals surface area contributed by atoms with Crippen LogP contribution in [0, 0.1) is 10.1 Å². The van der Waals surface area contributed by atoms with Crippen LogP contribution < -0.4 is 4.74 Å². The van der Waals surface area contributed by atoms with E-state index in [9.17, 15) is 19.7 Å². The summed E-state index contributed by atoms with van der Waals surface area (Å²) in [5.74, 6) is -0.530. The van der Waals surface area contributed by atoms with Gasteiger partial charge in [-0.3, -0.25) is 14.9 Å². The number of rotatable bonds is 6. The number of benzene rings is 3. The third-order valence-electron chi connectivity index (χ3n) is 3.96. The summed E-state index contributed by atoms with van der Waals surface area (Å²) in [5.41, 5.74) is 0.613. The molecule has 3 aromatic carbocycles. The van der Waals surface area contributed by atoms with Gasteiger partial charge in [-0.25, -0.2) is 4.79 Å². The number of methoxy groups -OCH3 is 1. The zero-order valence-corrected chi connectivity index (χ0v) is 14.8. The lowest BCUT2D eigenvalue weighted by Crippen LogP contribution is -2.03. The molecular formula is C21H15NO6. The van der Waals surface area contributed by atoms with Crippen molar-refractivity contribution in [3.63, 3.8) is 0 Å². The van der Waals surface area contributed by atoms with Gasteiger partial charge in [-0.1, -0.05) is 30.3 Å². The van der Waals surface area contributed by atoms with Gasteiger partial charge in [-0.2, -0.15) is 0 Å². The Hall–Kier alpha value is -4.00. The molecule has 0 bridgehead atoms. The highest BCUT2D eigenvalue weighted by atomic mass is 16.6. The summed E-state index contributed by atoms with van der Waals surface area (Å²) in [5, 5.41) is 11.5. The number of carbonyl (C=O) groups excluding carboxylic acids is 2. The van der Waals surface area contributed by atoms with Gasteiger partial charge >= 0.3 is 11.7 Å². The monoisotopic (exact) mass is 377 g/mol. The Morgan fingerprint density at radius 1 is 0.857 bits per heavy atom.